The summed E-state index contributed by atoms with van der Waals surface area (Å²) in [5.74, 6) is 0. The van der Waals surface area contributed by atoms with Crippen molar-refractivity contribution in [1.82, 2.24) is 4.90 Å². The maximum absolute atomic E-state index is 5.90. The van der Waals surface area contributed by atoms with Crippen LogP contribution in [-0.2, 0) is 10.3 Å². The molecule has 3 heterocycles. The molecule has 3 heteroatoms. The molecule has 2 unspecified atom stereocenters. The number of rotatable bonds is 2. The summed E-state index contributed by atoms with van der Waals surface area (Å²) in [6, 6.07) is 4.40. The number of ether oxygens (including phenoxy) is 1. The zero-order valence-electron chi connectivity index (χ0n) is 9.98. The van der Waals surface area contributed by atoms with Gasteiger partial charge in [-0.2, -0.15) is 0 Å². The smallest absolute Gasteiger partial charge is 0.0707 e. The number of morpholine rings is 1. The Morgan fingerprint density at radius 2 is 2.00 bits per heavy atom. The van der Waals surface area contributed by atoms with Crippen LogP contribution >= 0.6 is 11.3 Å². The molecule has 0 spiro atoms. The zero-order chi connectivity index (χ0) is 11.2. The SMILES string of the molecule is CC(C)(c1cccs1)N1CC2CCC(C1)O2. The fourth-order valence-electron chi connectivity index (χ4n) is 2.85. The van der Waals surface area contributed by atoms with Gasteiger partial charge in [0.15, 0.2) is 0 Å². The van der Waals surface area contributed by atoms with Gasteiger partial charge in [-0.15, -0.1) is 11.3 Å². The van der Waals surface area contributed by atoms with Gasteiger partial charge < -0.3 is 4.74 Å². The molecule has 0 radical (unpaired) electrons. The minimum atomic E-state index is 0.165. The summed E-state index contributed by atoms with van der Waals surface area (Å²) in [5, 5.41) is 2.17. The largest absolute Gasteiger partial charge is 0.372 e. The molecule has 16 heavy (non-hydrogen) atoms. The first-order valence-corrected chi connectivity index (χ1v) is 6.99. The highest BCUT2D eigenvalue weighted by Crippen LogP contribution is 2.36. The second-order valence-electron chi connectivity index (χ2n) is 5.40. The van der Waals surface area contributed by atoms with Gasteiger partial charge in [0.1, 0.15) is 0 Å². The van der Waals surface area contributed by atoms with Crippen LogP contribution in [0, 0.1) is 0 Å². The van der Waals surface area contributed by atoms with E-state index in [1.807, 2.05) is 11.3 Å². The quantitative estimate of drug-likeness (QED) is 0.784. The topological polar surface area (TPSA) is 12.5 Å². The minimum absolute atomic E-state index is 0.165. The van der Waals surface area contributed by atoms with Gasteiger partial charge in [0.2, 0.25) is 0 Å². The number of hydrogen-bond donors (Lipinski definition) is 0. The average Bonchev–Trinajstić information content (AvgIpc) is 2.88. The molecule has 0 N–H and O–H groups in total. The second-order valence-corrected chi connectivity index (χ2v) is 6.35. The lowest BCUT2D eigenvalue weighted by Gasteiger charge is -2.43. The Morgan fingerprint density at radius 3 is 2.56 bits per heavy atom. The maximum Gasteiger partial charge on any atom is 0.0707 e. The van der Waals surface area contributed by atoms with E-state index in [1.54, 1.807) is 0 Å². The summed E-state index contributed by atoms with van der Waals surface area (Å²) in [7, 11) is 0. The zero-order valence-corrected chi connectivity index (χ0v) is 10.8. The Balaban J connectivity index is 1.82. The summed E-state index contributed by atoms with van der Waals surface area (Å²) in [5.41, 5.74) is 0.165. The van der Waals surface area contributed by atoms with Crippen molar-refractivity contribution in [3.63, 3.8) is 0 Å². The van der Waals surface area contributed by atoms with E-state index < -0.39 is 0 Å². The van der Waals surface area contributed by atoms with Gasteiger partial charge in [0.25, 0.3) is 0 Å². The van der Waals surface area contributed by atoms with Crippen LogP contribution in [0.2, 0.25) is 0 Å². The van der Waals surface area contributed by atoms with Crippen molar-refractivity contribution in [3.8, 4) is 0 Å². The van der Waals surface area contributed by atoms with E-state index in [2.05, 4.69) is 36.3 Å². The summed E-state index contributed by atoms with van der Waals surface area (Å²) in [4.78, 5) is 4.07. The minimum Gasteiger partial charge on any atom is -0.372 e. The molecule has 2 fully saturated rings. The molecule has 0 aromatic carbocycles. The molecule has 1 aromatic rings. The van der Waals surface area contributed by atoms with Crippen LogP contribution in [0.1, 0.15) is 31.6 Å². The van der Waals surface area contributed by atoms with Gasteiger partial charge in [0, 0.05) is 23.5 Å². The van der Waals surface area contributed by atoms with Crippen LogP contribution in [0.5, 0.6) is 0 Å². The van der Waals surface area contributed by atoms with E-state index in [-0.39, 0.29) is 5.54 Å². The van der Waals surface area contributed by atoms with E-state index in [1.165, 1.54) is 17.7 Å². The van der Waals surface area contributed by atoms with Crippen LogP contribution in [0.3, 0.4) is 0 Å². The standard InChI is InChI=1S/C13H19NOS/c1-13(2,12-4-3-7-16-12)14-8-10-5-6-11(9-14)15-10/h3-4,7,10-11H,5-6,8-9H2,1-2H3. The normalized spacial score (nSPS) is 30.9. The fraction of sp³-hybridized carbons (Fsp3) is 0.692. The van der Waals surface area contributed by atoms with Gasteiger partial charge in [-0.1, -0.05) is 6.07 Å². The monoisotopic (exact) mass is 237 g/mol. The Kier molecular flexibility index (Phi) is 2.57. The third kappa shape index (κ3) is 1.71. The second kappa shape index (κ2) is 3.83. The van der Waals surface area contributed by atoms with Gasteiger partial charge in [-0.25, -0.2) is 0 Å². The van der Waals surface area contributed by atoms with E-state index in [0.717, 1.165) is 13.1 Å². The van der Waals surface area contributed by atoms with Crippen molar-refractivity contribution in [2.75, 3.05) is 13.1 Å². The molecule has 2 aliphatic rings. The molecule has 0 aliphatic carbocycles. The van der Waals surface area contributed by atoms with Gasteiger partial charge in [-0.3, -0.25) is 4.90 Å². The van der Waals surface area contributed by atoms with Crippen molar-refractivity contribution in [2.24, 2.45) is 0 Å². The summed E-state index contributed by atoms with van der Waals surface area (Å²) >= 11 is 1.86. The molecular weight excluding hydrogens is 218 g/mol. The first kappa shape index (κ1) is 10.8. The Morgan fingerprint density at radius 1 is 1.31 bits per heavy atom. The van der Waals surface area contributed by atoms with Crippen molar-refractivity contribution >= 4 is 11.3 Å². The van der Waals surface area contributed by atoms with Crippen molar-refractivity contribution < 1.29 is 4.74 Å². The molecule has 3 rings (SSSR count). The molecule has 2 aliphatic heterocycles. The Labute approximate surface area is 101 Å². The van der Waals surface area contributed by atoms with Crippen molar-refractivity contribution in [1.29, 1.82) is 0 Å². The number of fused-ring (bicyclic) bond motifs is 2. The Bertz CT molecular complexity index is 348. The third-order valence-electron chi connectivity index (χ3n) is 3.96. The molecule has 2 atom stereocenters. The highest BCUT2D eigenvalue weighted by atomic mass is 32.1. The van der Waals surface area contributed by atoms with E-state index in [0.29, 0.717) is 12.2 Å². The Hall–Kier alpha value is -0.380. The number of hydrogen-bond acceptors (Lipinski definition) is 3. The van der Waals surface area contributed by atoms with Gasteiger partial charge >= 0.3 is 0 Å². The molecule has 1 aromatic heterocycles. The lowest BCUT2D eigenvalue weighted by molar-refractivity contribution is -0.0716. The molecule has 88 valence electrons. The van der Waals surface area contributed by atoms with Crippen LogP contribution in [0.25, 0.3) is 0 Å². The van der Waals surface area contributed by atoms with Crippen LogP contribution < -0.4 is 0 Å². The van der Waals surface area contributed by atoms with E-state index in [4.69, 9.17) is 4.74 Å². The summed E-state index contributed by atoms with van der Waals surface area (Å²) in [6.07, 6.45) is 3.47. The fourth-order valence-corrected chi connectivity index (χ4v) is 3.73. The molecule has 0 saturated carbocycles. The average molecular weight is 237 g/mol. The highest BCUT2D eigenvalue weighted by Gasteiger charge is 2.40. The molecule has 2 bridgehead atoms. The molecule has 2 saturated heterocycles. The van der Waals surface area contributed by atoms with Crippen LogP contribution in [-0.4, -0.2) is 30.2 Å². The number of thiophene rings is 1. The molecular formula is C13H19NOS. The predicted molar refractivity (Wildman–Crippen MR) is 66.8 cm³/mol. The maximum atomic E-state index is 5.90. The highest BCUT2D eigenvalue weighted by molar-refractivity contribution is 7.10. The van der Waals surface area contributed by atoms with E-state index in [9.17, 15) is 0 Å². The lowest BCUT2D eigenvalue weighted by Crippen LogP contribution is -2.51. The van der Waals surface area contributed by atoms with Gasteiger partial charge in [-0.05, 0) is 38.1 Å². The van der Waals surface area contributed by atoms with Crippen molar-refractivity contribution in [2.45, 2.75) is 44.4 Å². The van der Waals surface area contributed by atoms with Crippen molar-refractivity contribution in [3.05, 3.63) is 22.4 Å². The van der Waals surface area contributed by atoms with E-state index >= 15 is 0 Å². The number of likely N-dealkylation sites (tertiary alicyclic amines) is 1. The summed E-state index contributed by atoms with van der Waals surface area (Å²) < 4.78 is 5.90. The first-order chi connectivity index (χ1) is 7.66. The predicted octanol–water partition coefficient (Wildman–Crippen LogP) is 2.85. The lowest BCUT2D eigenvalue weighted by atomic mass is 9.99. The van der Waals surface area contributed by atoms with Crippen LogP contribution in [0.15, 0.2) is 17.5 Å². The first-order valence-electron chi connectivity index (χ1n) is 6.11. The molecule has 0 amide bonds. The number of nitrogens with zero attached hydrogens (tertiary/aromatic N) is 1. The summed E-state index contributed by atoms with van der Waals surface area (Å²) in [6.45, 7) is 6.87. The van der Waals surface area contributed by atoms with Gasteiger partial charge in [0.05, 0.1) is 12.2 Å². The third-order valence-corrected chi connectivity index (χ3v) is 5.14. The van der Waals surface area contributed by atoms with Crippen LogP contribution in [0.4, 0.5) is 0 Å². The molecule has 2 nitrogen and oxygen atoms in total.